The molecule has 0 radical (unpaired) electrons. The molecule has 0 saturated carbocycles. The summed E-state index contributed by atoms with van der Waals surface area (Å²) in [6, 6.07) is 4.41. The third kappa shape index (κ3) is 3.18. The minimum atomic E-state index is -3.93. The molecule has 0 spiro atoms. The van der Waals surface area contributed by atoms with Crippen LogP contribution in [-0.4, -0.2) is 13.5 Å². The van der Waals surface area contributed by atoms with Crippen LogP contribution < -0.4 is 4.72 Å². The number of hydrogen-bond acceptors (Lipinski definition) is 4. The summed E-state index contributed by atoms with van der Waals surface area (Å²) in [5, 5.41) is 9.91. The second kappa shape index (κ2) is 5.88. The number of hydrogen-bond donors (Lipinski definition) is 2. The van der Waals surface area contributed by atoms with Gasteiger partial charge in [-0.15, -0.1) is 0 Å². The van der Waals surface area contributed by atoms with Crippen LogP contribution >= 0.6 is 23.2 Å². The minimum Gasteiger partial charge on any atom is -0.465 e. The van der Waals surface area contributed by atoms with Gasteiger partial charge in [0.25, 0.3) is 10.0 Å². The van der Waals surface area contributed by atoms with E-state index < -0.39 is 16.6 Å². The van der Waals surface area contributed by atoms with Crippen LogP contribution in [0.1, 0.15) is 17.1 Å². The summed E-state index contributed by atoms with van der Waals surface area (Å²) < 4.78 is 32.6. The van der Waals surface area contributed by atoms with Gasteiger partial charge < -0.3 is 9.52 Å². The molecule has 0 saturated heterocycles. The predicted octanol–water partition coefficient (Wildman–Crippen LogP) is 3.50. The Bertz CT molecular complexity index is 784. The lowest BCUT2D eigenvalue weighted by Gasteiger charge is -2.10. The Hall–Kier alpha value is -1.21. The normalized spacial score (nSPS) is 11.7. The number of aliphatic hydroxyl groups is 1. The van der Waals surface area contributed by atoms with Crippen molar-refractivity contribution >= 4 is 38.9 Å². The fraction of sp³-hybridized carbons (Fsp3) is 0.231. The molecule has 0 aliphatic carbocycles. The molecule has 0 fully saturated rings. The van der Waals surface area contributed by atoms with Crippen LogP contribution in [0.25, 0.3) is 0 Å². The maximum absolute atomic E-state index is 12.5. The van der Waals surface area contributed by atoms with E-state index in [9.17, 15) is 13.5 Å². The van der Waals surface area contributed by atoms with Gasteiger partial charge in [0.1, 0.15) is 16.4 Å². The number of nitrogens with one attached hydrogen (secondary N) is 1. The van der Waals surface area contributed by atoms with Gasteiger partial charge in [0.15, 0.2) is 0 Å². The molecule has 0 bridgehead atoms. The van der Waals surface area contributed by atoms with E-state index in [0.29, 0.717) is 10.8 Å². The molecule has 114 valence electrons. The highest BCUT2D eigenvalue weighted by molar-refractivity contribution is 7.92. The van der Waals surface area contributed by atoms with Crippen LogP contribution in [0.5, 0.6) is 0 Å². The molecule has 21 heavy (non-hydrogen) atoms. The van der Waals surface area contributed by atoms with Crippen molar-refractivity contribution in [2.45, 2.75) is 25.3 Å². The van der Waals surface area contributed by atoms with E-state index in [1.807, 2.05) is 0 Å². The smallest absolute Gasteiger partial charge is 0.265 e. The molecular weight excluding hydrogens is 337 g/mol. The molecule has 1 aromatic carbocycles. The maximum atomic E-state index is 12.5. The first-order chi connectivity index (χ1) is 9.76. The number of anilines is 1. The first-order valence-corrected chi connectivity index (χ1v) is 8.17. The summed E-state index contributed by atoms with van der Waals surface area (Å²) in [4.78, 5) is -0.0754. The summed E-state index contributed by atoms with van der Waals surface area (Å²) in [6.07, 6.45) is 0. The van der Waals surface area contributed by atoms with E-state index in [1.165, 1.54) is 25.1 Å². The van der Waals surface area contributed by atoms with Crippen molar-refractivity contribution in [3.05, 3.63) is 45.3 Å². The SMILES string of the molecule is Cc1oc(C)c(S(=O)(=O)Nc2ccc(Cl)cc2Cl)c1CO. The Kier molecular flexibility index (Phi) is 4.53. The Labute approximate surface area is 132 Å². The average molecular weight is 350 g/mol. The molecule has 2 rings (SSSR count). The third-order valence-electron chi connectivity index (χ3n) is 2.93. The van der Waals surface area contributed by atoms with Gasteiger partial charge in [-0.05, 0) is 32.0 Å². The summed E-state index contributed by atoms with van der Waals surface area (Å²) in [5.74, 6) is 0.562. The van der Waals surface area contributed by atoms with Crippen LogP contribution in [0.2, 0.25) is 10.0 Å². The summed E-state index contributed by atoms with van der Waals surface area (Å²) in [6.45, 7) is 2.67. The van der Waals surface area contributed by atoms with E-state index >= 15 is 0 Å². The third-order valence-corrected chi connectivity index (χ3v) is 5.04. The molecule has 2 aromatic rings. The summed E-state index contributed by atoms with van der Waals surface area (Å²) >= 11 is 11.7. The quantitative estimate of drug-likeness (QED) is 0.885. The van der Waals surface area contributed by atoms with E-state index in [2.05, 4.69) is 4.72 Å². The van der Waals surface area contributed by atoms with Gasteiger partial charge in [-0.3, -0.25) is 4.72 Å². The highest BCUT2D eigenvalue weighted by atomic mass is 35.5. The van der Waals surface area contributed by atoms with Crippen LogP contribution in [0.3, 0.4) is 0 Å². The summed E-state index contributed by atoms with van der Waals surface area (Å²) in [5.41, 5.74) is 0.424. The van der Waals surface area contributed by atoms with E-state index in [-0.39, 0.29) is 26.9 Å². The fourth-order valence-corrected chi connectivity index (χ4v) is 4.05. The first-order valence-electron chi connectivity index (χ1n) is 5.94. The lowest BCUT2D eigenvalue weighted by atomic mass is 10.2. The van der Waals surface area contributed by atoms with E-state index in [1.54, 1.807) is 6.92 Å². The number of aliphatic hydroxyl groups excluding tert-OH is 1. The average Bonchev–Trinajstić information content (AvgIpc) is 2.67. The molecule has 8 heteroatoms. The van der Waals surface area contributed by atoms with Crippen LogP contribution in [0, 0.1) is 13.8 Å². The van der Waals surface area contributed by atoms with Gasteiger partial charge in [0, 0.05) is 10.6 Å². The van der Waals surface area contributed by atoms with Crippen molar-refractivity contribution in [1.82, 2.24) is 0 Å². The van der Waals surface area contributed by atoms with Gasteiger partial charge >= 0.3 is 0 Å². The Balaban J connectivity index is 2.48. The number of furan rings is 1. The van der Waals surface area contributed by atoms with Gasteiger partial charge in [-0.1, -0.05) is 23.2 Å². The monoisotopic (exact) mass is 349 g/mol. The molecule has 0 unspecified atom stereocenters. The molecule has 0 amide bonds. The Morgan fingerprint density at radius 1 is 1.24 bits per heavy atom. The first kappa shape index (κ1) is 16.2. The minimum absolute atomic E-state index is 0.0754. The van der Waals surface area contributed by atoms with Crippen molar-refractivity contribution in [2.75, 3.05) is 4.72 Å². The molecule has 0 aliphatic heterocycles. The molecular formula is C13H13Cl2NO4S. The van der Waals surface area contributed by atoms with Crippen LogP contribution in [0.15, 0.2) is 27.5 Å². The number of halogens is 2. The van der Waals surface area contributed by atoms with Crippen molar-refractivity contribution < 1.29 is 17.9 Å². The Morgan fingerprint density at radius 3 is 2.48 bits per heavy atom. The van der Waals surface area contributed by atoms with Crippen molar-refractivity contribution in [3.8, 4) is 0 Å². The van der Waals surface area contributed by atoms with E-state index in [4.69, 9.17) is 27.6 Å². The van der Waals surface area contributed by atoms with Crippen LogP contribution in [0.4, 0.5) is 5.69 Å². The second-order valence-corrected chi connectivity index (χ2v) is 6.87. The number of sulfonamides is 1. The van der Waals surface area contributed by atoms with Gasteiger partial charge in [0.2, 0.25) is 0 Å². The van der Waals surface area contributed by atoms with E-state index in [0.717, 1.165) is 0 Å². The maximum Gasteiger partial charge on any atom is 0.265 e. The van der Waals surface area contributed by atoms with Gasteiger partial charge in [-0.25, -0.2) is 8.42 Å². The zero-order valence-electron chi connectivity index (χ0n) is 11.3. The predicted molar refractivity (Wildman–Crippen MR) is 81.4 cm³/mol. The standard InChI is InChI=1S/C13H13Cl2NO4S/c1-7-10(6-17)13(8(2)20-7)21(18,19)16-12-4-3-9(14)5-11(12)15/h3-5,16-17H,6H2,1-2H3. The van der Waals surface area contributed by atoms with Crippen molar-refractivity contribution in [2.24, 2.45) is 0 Å². The fourth-order valence-electron chi connectivity index (χ4n) is 2.01. The highest BCUT2D eigenvalue weighted by Gasteiger charge is 2.27. The molecule has 1 aromatic heterocycles. The van der Waals surface area contributed by atoms with Gasteiger partial charge in [0.05, 0.1) is 17.3 Å². The topological polar surface area (TPSA) is 79.5 Å². The Morgan fingerprint density at radius 2 is 1.90 bits per heavy atom. The molecule has 2 N–H and O–H groups in total. The number of rotatable bonds is 4. The van der Waals surface area contributed by atoms with Crippen LogP contribution in [-0.2, 0) is 16.6 Å². The van der Waals surface area contributed by atoms with Gasteiger partial charge in [-0.2, -0.15) is 0 Å². The second-order valence-electron chi connectivity index (χ2n) is 4.41. The van der Waals surface area contributed by atoms with Crippen molar-refractivity contribution in [1.29, 1.82) is 0 Å². The van der Waals surface area contributed by atoms with Crippen molar-refractivity contribution in [3.63, 3.8) is 0 Å². The highest BCUT2D eigenvalue weighted by Crippen LogP contribution is 2.31. The zero-order valence-corrected chi connectivity index (χ0v) is 13.6. The number of benzene rings is 1. The summed E-state index contributed by atoms with van der Waals surface area (Å²) in [7, 11) is -3.93. The lowest BCUT2D eigenvalue weighted by Crippen LogP contribution is -2.15. The largest absolute Gasteiger partial charge is 0.465 e. The lowest BCUT2D eigenvalue weighted by molar-refractivity contribution is 0.276. The molecule has 1 heterocycles. The number of aryl methyl sites for hydroxylation is 2. The molecule has 0 atom stereocenters. The zero-order chi connectivity index (χ0) is 15.8. The molecule has 5 nitrogen and oxygen atoms in total. The molecule has 0 aliphatic rings.